The fraction of sp³-hybridized carbons (Fsp3) is 0.484. The Morgan fingerprint density at radius 3 is 2.33 bits per heavy atom. The predicted octanol–water partition coefficient (Wildman–Crippen LogP) is 4.64. The monoisotopic (exact) mass is 724 g/mol. The first kappa shape index (κ1) is 31.1. The number of hydrogen-bond donors (Lipinski definition) is 1. The standard InChI is InChI=1S/C31H34ClIN2O6S/c1-2-5-19(28(37)29(38)34-22-12-13-22)16-26(36)25-17-23(42(40,41)27-7-4-3-6-24(27)32)18-35(25)30(39)31(14-15-31)20-8-10-21(33)11-9-20/h3-4,6-11,19,22-23,25H,2,5,12-18H2,1H3,(H,34,38)/t19-,23-,25+/m1/s1. The molecule has 2 aromatic rings. The van der Waals surface area contributed by atoms with Crippen LogP contribution in [0, 0.1) is 9.49 Å². The highest BCUT2D eigenvalue weighted by Gasteiger charge is 2.57. The van der Waals surface area contributed by atoms with Gasteiger partial charge < -0.3 is 10.2 Å². The van der Waals surface area contributed by atoms with Gasteiger partial charge in [0.15, 0.2) is 15.6 Å². The first-order valence-electron chi connectivity index (χ1n) is 14.4. The number of ketones is 2. The summed E-state index contributed by atoms with van der Waals surface area (Å²) in [5.41, 5.74) is 0.0293. The fourth-order valence-corrected chi connectivity index (χ4v) is 8.50. The number of Topliss-reactive ketones (excluding diaryl/α,β-unsaturated/α-hetero) is 2. The molecule has 1 heterocycles. The Hall–Kier alpha value is -2.31. The van der Waals surface area contributed by atoms with E-state index in [0.29, 0.717) is 25.7 Å². The zero-order chi connectivity index (χ0) is 30.2. The van der Waals surface area contributed by atoms with Gasteiger partial charge in [-0.2, -0.15) is 0 Å². The molecule has 3 aliphatic rings. The molecule has 1 N–H and O–H groups in total. The minimum absolute atomic E-state index is 0.00847. The number of benzene rings is 2. The molecule has 2 aliphatic carbocycles. The van der Waals surface area contributed by atoms with Crippen molar-refractivity contribution in [3.05, 3.63) is 62.7 Å². The number of rotatable bonds is 12. The van der Waals surface area contributed by atoms with Crippen molar-refractivity contribution in [3.8, 4) is 0 Å². The van der Waals surface area contributed by atoms with Gasteiger partial charge in [0.05, 0.1) is 26.6 Å². The third kappa shape index (κ3) is 6.31. The van der Waals surface area contributed by atoms with E-state index in [0.717, 1.165) is 22.0 Å². The van der Waals surface area contributed by atoms with Gasteiger partial charge in [0.25, 0.3) is 5.91 Å². The van der Waals surface area contributed by atoms with Crippen LogP contribution in [0.5, 0.6) is 0 Å². The molecule has 3 fully saturated rings. The first-order valence-corrected chi connectivity index (χ1v) is 17.4. The predicted molar refractivity (Wildman–Crippen MR) is 167 cm³/mol. The molecular weight excluding hydrogens is 691 g/mol. The highest BCUT2D eigenvalue weighted by atomic mass is 127. The Kier molecular flexibility index (Phi) is 9.16. The van der Waals surface area contributed by atoms with Crippen molar-refractivity contribution < 1.29 is 27.6 Å². The molecular formula is C31H34ClIN2O6S. The Bertz CT molecular complexity index is 1500. The van der Waals surface area contributed by atoms with Crippen molar-refractivity contribution in [3.63, 3.8) is 0 Å². The summed E-state index contributed by atoms with van der Waals surface area (Å²) < 4.78 is 28.5. The van der Waals surface area contributed by atoms with E-state index in [1.165, 1.54) is 17.0 Å². The largest absolute Gasteiger partial charge is 0.347 e. The van der Waals surface area contributed by atoms with Crippen LogP contribution in [0.1, 0.15) is 63.9 Å². The lowest BCUT2D eigenvalue weighted by atomic mass is 9.89. The zero-order valence-electron chi connectivity index (χ0n) is 23.4. The average molecular weight is 725 g/mol. The van der Waals surface area contributed by atoms with Crippen LogP contribution in [0.4, 0.5) is 0 Å². The molecule has 2 aromatic carbocycles. The van der Waals surface area contributed by atoms with Gasteiger partial charge >= 0.3 is 0 Å². The second kappa shape index (κ2) is 12.4. The third-order valence-corrected chi connectivity index (χ3v) is 12.0. The van der Waals surface area contributed by atoms with E-state index in [4.69, 9.17) is 11.6 Å². The van der Waals surface area contributed by atoms with Gasteiger partial charge in [-0.3, -0.25) is 19.2 Å². The molecule has 0 radical (unpaired) electrons. The Labute approximate surface area is 265 Å². The third-order valence-electron chi connectivity index (χ3n) is 8.63. The molecule has 42 heavy (non-hydrogen) atoms. The van der Waals surface area contributed by atoms with Crippen molar-refractivity contribution in [2.24, 2.45) is 5.92 Å². The van der Waals surface area contributed by atoms with Crippen LogP contribution in [0.15, 0.2) is 53.4 Å². The van der Waals surface area contributed by atoms with Crippen LogP contribution in [0.3, 0.4) is 0 Å². The van der Waals surface area contributed by atoms with Crippen molar-refractivity contribution in [1.29, 1.82) is 0 Å². The van der Waals surface area contributed by atoms with E-state index >= 15 is 0 Å². The number of hydrogen-bond acceptors (Lipinski definition) is 6. The number of carbonyl (C=O) groups excluding carboxylic acids is 4. The minimum atomic E-state index is -3.98. The number of carbonyl (C=O) groups is 4. The number of likely N-dealkylation sites (tertiary alicyclic amines) is 1. The zero-order valence-corrected chi connectivity index (χ0v) is 27.1. The molecule has 0 unspecified atom stereocenters. The lowest BCUT2D eigenvalue weighted by Gasteiger charge is -2.29. The van der Waals surface area contributed by atoms with Gasteiger partial charge in [-0.05, 0) is 90.9 Å². The average Bonchev–Trinajstić information content (AvgIpc) is 3.90. The molecule has 3 atom stereocenters. The second-order valence-electron chi connectivity index (χ2n) is 11.7. The Morgan fingerprint density at radius 1 is 1.07 bits per heavy atom. The quantitative estimate of drug-likeness (QED) is 0.252. The highest BCUT2D eigenvalue weighted by molar-refractivity contribution is 14.1. The lowest BCUT2D eigenvalue weighted by molar-refractivity contribution is -0.143. The van der Waals surface area contributed by atoms with E-state index in [1.807, 2.05) is 31.2 Å². The van der Waals surface area contributed by atoms with Gasteiger partial charge in [0.2, 0.25) is 11.7 Å². The van der Waals surface area contributed by atoms with Crippen LogP contribution in [-0.4, -0.2) is 60.6 Å². The molecule has 8 nitrogen and oxygen atoms in total. The van der Waals surface area contributed by atoms with Crippen LogP contribution in [0.25, 0.3) is 0 Å². The van der Waals surface area contributed by atoms with Gasteiger partial charge in [0.1, 0.15) is 0 Å². The summed E-state index contributed by atoms with van der Waals surface area (Å²) in [5, 5.41) is 1.75. The van der Waals surface area contributed by atoms with Crippen molar-refractivity contribution in [2.75, 3.05) is 6.54 Å². The molecule has 2 saturated carbocycles. The van der Waals surface area contributed by atoms with E-state index in [-0.39, 0.29) is 41.3 Å². The maximum absolute atomic E-state index is 14.2. The normalized spacial score (nSPS) is 21.9. The van der Waals surface area contributed by atoms with Gasteiger partial charge in [-0.15, -0.1) is 0 Å². The van der Waals surface area contributed by atoms with Gasteiger partial charge in [-0.25, -0.2) is 8.42 Å². The molecule has 2 amide bonds. The van der Waals surface area contributed by atoms with Crippen LogP contribution in [0.2, 0.25) is 5.02 Å². The molecule has 224 valence electrons. The maximum atomic E-state index is 14.2. The molecule has 1 saturated heterocycles. The molecule has 0 spiro atoms. The summed E-state index contributed by atoms with van der Waals surface area (Å²) in [4.78, 5) is 55.1. The van der Waals surface area contributed by atoms with Crippen molar-refractivity contribution in [2.45, 2.75) is 85.9 Å². The number of nitrogens with zero attached hydrogens (tertiary/aromatic N) is 1. The molecule has 0 aromatic heterocycles. The number of nitrogens with one attached hydrogen (secondary N) is 1. The maximum Gasteiger partial charge on any atom is 0.287 e. The van der Waals surface area contributed by atoms with E-state index in [9.17, 15) is 27.6 Å². The molecule has 0 bridgehead atoms. The SMILES string of the molecule is CCC[C@H](CC(=O)[C@@H]1C[C@@H](S(=O)(=O)c2ccccc2Cl)CN1C(=O)C1(c2ccc(I)cc2)CC1)C(=O)C(=O)NC1CC1. The molecule has 11 heteroatoms. The Morgan fingerprint density at radius 2 is 1.74 bits per heavy atom. The summed E-state index contributed by atoms with van der Waals surface area (Å²) in [6, 6.07) is 12.8. The lowest BCUT2D eigenvalue weighted by Crippen LogP contribution is -2.47. The smallest absolute Gasteiger partial charge is 0.287 e. The summed E-state index contributed by atoms with van der Waals surface area (Å²) in [6.07, 6.45) is 3.48. The first-order chi connectivity index (χ1) is 20.0. The number of halogens is 2. The summed E-state index contributed by atoms with van der Waals surface area (Å²) in [6.45, 7) is 1.72. The van der Waals surface area contributed by atoms with Crippen molar-refractivity contribution in [1.82, 2.24) is 10.2 Å². The number of sulfone groups is 1. The molecule has 5 rings (SSSR count). The van der Waals surface area contributed by atoms with E-state index in [2.05, 4.69) is 27.9 Å². The molecule has 1 aliphatic heterocycles. The topological polar surface area (TPSA) is 118 Å². The second-order valence-corrected chi connectivity index (χ2v) is 15.5. The summed E-state index contributed by atoms with van der Waals surface area (Å²) in [7, 11) is -3.98. The highest BCUT2D eigenvalue weighted by Crippen LogP contribution is 2.51. The summed E-state index contributed by atoms with van der Waals surface area (Å²) in [5.74, 6) is -2.82. The van der Waals surface area contributed by atoms with Crippen molar-refractivity contribution >= 4 is 67.4 Å². The van der Waals surface area contributed by atoms with Gasteiger partial charge in [0, 0.05) is 28.5 Å². The Balaban J connectivity index is 1.44. The van der Waals surface area contributed by atoms with E-state index in [1.54, 1.807) is 12.1 Å². The van der Waals surface area contributed by atoms with Crippen LogP contribution in [-0.2, 0) is 34.4 Å². The van der Waals surface area contributed by atoms with Crippen LogP contribution >= 0.6 is 34.2 Å². The van der Waals surface area contributed by atoms with E-state index < -0.39 is 49.9 Å². The van der Waals surface area contributed by atoms with Crippen LogP contribution < -0.4 is 5.32 Å². The minimum Gasteiger partial charge on any atom is -0.347 e. The van der Waals surface area contributed by atoms with Gasteiger partial charge in [-0.1, -0.05) is 49.2 Å². The number of amides is 2. The fourth-order valence-electron chi connectivity index (χ4n) is 5.92. The summed E-state index contributed by atoms with van der Waals surface area (Å²) >= 11 is 8.46.